The van der Waals surface area contributed by atoms with Crippen molar-refractivity contribution < 1.29 is 84.0 Å². The number of hydrogen-bond donors (Lipinski definition) is 1. The van der Waals surface area contributed by atoms with E-state index < -0.39 is 25.0 Å². The van der Waals surface area contributed by atoms with Crippen LogP contribution in [0, 0.1) is 0 Å². The summed E-state index contributed by atoms with van der Waals surface area (Å²) in [5.74, 6) is -2.79. The normalized spacial score (nSPS) is 9.32. The number of para-hydroxylation sites is 1. The fraction of sp³-hybridized carbons (Fsp3) is 0.273. The van der Waals surface area contributed by atoms with E-state index in [1.807, 2.05) is 0 Å². The summed E-state index contributed by atoms with van der Waals surface area (Å²) >= 11 is 0. The van der Waals surface area contributed by atoms with Crippen molar-refractivity contribution in [1.29, 1.82) is 0 Å². The van der Waals surface area contributed by atoms with Gasteiger partial charge in [-0.1, -0.05) is 18.2 Å². The van der Waals surface area contributed by atoms with Gasteiger partial charge in [0.2, 0.25) is 0 Å². The first-order chi connectivity index (χ1) is 7.99. The summed E-state index contributed by atoms with van der Waals surface area (Å²) in [5.41, 5.74) is 0.440. The first-order valence-corrected chi connectivity index (χ1v) is 4.88. The topological polar surface area (TPSA) is 104 Å². The fourth-order valence-electron chi connectivity index (χ4n) is 1.42. The molecule has 1 N–H and O–H groups in total. The Morgan fingerprint density at radius 3 is 1.95 bits per heavy atom. The Bertz CT molecular complexity index is 411. The maximum Gasteiger partial charge on any atom is 1.00 e. The van der Waals surface area contributed by atoms with Crippen LogP contribution in [0.1, 0.15) is 5.56 Å². The second-order valence-electron chi connectivity index (χ2n) is 3.52. The molecule has 92 valence electrons. The summed E-state index contributed by atoms with van der Waals surface area (Å²) < 4.78 is 0. The minimum atomic E-state index is -1.39. The molecular weight excluding hydrogens is 272 g/mol. The van der Waals surface area contributed by atoms with E-state index in [1.54, 1.807) is 18.2 Å². The van der Waals surface area contributed by atoms with Crippen LogP contribution < -0.4 is 69.3 Å². The van der Waals surface area contributed by atoms with Gasteiger partial charge in [0.25, 0.3) is 0 Å². The van der Waals surface area contributed by atoms with Crippen LogP contribution >= 0.6 is 0 Å². The number of hydrogen-bond acceptors (Lipinski definition) is 6. The quantitative estimate of drug-likeness (QED) is 0.520. The van der Waals surface area contributed by atoms with Gasteiger partial charge in [0.15, 0.2) is 0 Å². The van der Waals surface area contributed by atoms with Crippen molar-refractivity contribution in [2.24, 2.45) is 0 Å². The Morgan fingerprint density at radius 1 is 1.05 bits per heavy atom. The van der Waals surface area contributed by atoms with E-state index in [0.717, 1.165) is 4.90 Å². The fourth-order valence-corrected chi connectivity index (χ4v) is 1.42. The first kappa shape index (κ1) is 21.2. The van der Waals surface area contributed by atoms with Gasteiger partial charge in [-0.2, -0.15) is 0 Å². The Balaban J connectivity index is 0. The van der Waals surface area contributed by atoms with E-state index >= 15 is 0 Å². The third kappa shape index (κ3) is 8.65. The van der Waals surface area contributed by atoms with Gasteiger partial charge in [0, 0.05) is 25.2 Å². The third-order valence-corrected chi connectivity index (χ3v) is 2.09. The number of carboxylic acids is 2. The van der Waals surface area contributed by atoms with Crippen LogP contribution in [0.5, 0.6) is 5.75 Å². The van der Waals surface area contributed by atoms with E-state index in [1.165, 1.54) is 6.07 Å². The van der Waals surface area contributed by atoms with Gasteiger partial charge >= 0.3 is 59.1 Å². The van der Waals surface area contributed by atoms with E-state index in [9.17, 15) is 24.9 Å². The molecule has 1 aromatic carbocycles. The van der Waals surface area contributed by atoms with Gasteiger partial charge in [-0.25, -0.2) is 0 Å². The molecule has 0 heterocycles. The third-order valence-electron chi connectivity index (χ3n) is 2.09. The number of benzene rings is 1. The molecule has 0 amide bonds. The van der Waals surface area contributed by atoms with Gasteiger partial charge in [-0.05, 0) is 6.07 Å². The molecule has 0 saturated carbocycles. The molecule has 0 aliphatic rings. The van der Waals surface area contributed by atoms with Gasteiger partial charge in [-0.3, -0.25) is 4.90 Å². The molecular formula is C11H11NNa2O5. The molecule has 0 saturated heterocycles. The van der Waals surface area contributed by atoms with Crippen molar-refractivity contribution in [3.8, 4) is 5.75 Å². The Hall–Kier alpha value is -0.0800. The van der Waals surface area contributed by atoms with Crippen LogP contribution in [0.15, 0.2) is 24.3 Å². The van der Waals surface area contributed by atoms with Crippen LogP contribution in [-0.4, -0.2) is 35.0 Å². The Morgan fingerprint density at radius 2 is 1.53 bits per heavy atom. The first-order valence-electron chi connectivity index (χ1n) is 4.88. The van der Waals surface area contributed by atoms with Crippen molar-refractivity contribution >= 4 is 11.9 Å². The van der Waals surface area contributed by atoms with Crippen molar-refractivity contribution in [2.75, 3.05) is 13.1 Å². The molecule has 0 atom stereocenters. The molecule has 1 aromatic rings. The van der Waals surface area contributed by atoms with E-state index in [-0.39, 0.29) is 71.4 Å². The smallest absolute Gasteiger partial charge is 0.549 e. The monoisotopic (exact) mass is 283 g/mol. The van der Waals surface area contributed by atoms with Gasteiger partial charge in [-0.15, -0.1) is 0 Å². The van der Waals surface area contributed by atoms with Crippen LogP contribution in [0.2, 0.25) is 0 Å². The molecule has 0 aromatic heterocycles. The van der Waals surface area contributed by atoms with E-state index in [0.29, 0.717) is 5.56 Å². The second kappa shape index (κ2) is 10.7. The van der Waals surface area contributed by atoms with E-state index in [4.69, 9.17) is 0 Å². The standard InChI is InChI=1S/C11H13NO5.2Na/c13-9-4-2-1-3-8(9)5-12(6-10(14)15)7-11(16)17;;/h1-4,13H,5-7H2,(H,14,15)(H,16,17);;/q;2*+1/p-2. The molecule has 0 aliphatic heterocycles. The molecule has 0 aliphatic carbocycles. The van der Waals surface area contributed by atoms with Gasteiger partial charge in [0.05, 0.1) is 11.9 Å². The summed E-state index contributed by atoms with van der Waals surface area (Å²) in [5, 5.41) is 30.4. The molecule has 0 unspecified atom stereocenters. The maximum absolute atomic E-state index is 10.4. The van der Waals surface area contributed by atoms with Crippen LogP contribution in [0.3, 0.4) is 0 Å². The Kier molecular flexibility index (Phi) is 11.9. The molecule has 1 rings (SSSR count). The number of carboxylic acid groups (broad SMARTS) is 2. The minimum absolute atomic E-state index is 0. The molecule has 8 heteroatoms. The number of rotatable bonds is 6. The van der Waals surface area contributed by atoms with Crippen LogP contribution in [-0.2, 0) is 16.1 Å². The number of aromatic hydroxyl groups is 1. The number of phenolic OH excluding ortho intramolecular Hbond substituents is 1. The summed E-state index contributed by atoms with van der Waals surface area (Å²) in [6.45, 7) is -1.08. The van der Waals surface area contributed by atoms with Crippen molar-refractivity contribution in [2.45, 2.75) is 6.54 Å². The summed E-state index contributed by atoms with van der Waals surface area (Å²) in [6, 6.07) is 6.28. The number of carbonyl (C=O) groups excluding carboxylic acids is 2. The zero-order chi connectivity index (χ0) is 12.8. The van der Waals surface area contributed by atoms with Crippen LogP contribution in [0.4, 0.5) is 0 Å². The number of aliphatic carboxylic acids is 2. The largest absolute Gasteiger partial charge is 1.00 e. The summed E-state index contributed by atoms with van der Waals surface area (Å²) in [7, 11) is 0. The van der Waals surface area contributed by atoms with Crippen molar-refractivity contribution in [1.82, 2.24) is 4.90 Å². The van der Waals surface area contributed by atoms with Gasteiger partial charge < -0.3 is 24.9 Å². The molecule has 0 bridgehead atoms. The second-order valence-corrected chi connectivity index (χ2v) is 3.52. The number of carbonyl (C=O) groups is 2. The van der Waals surface area contributed by atoms with Crippen molar-refractivity contribution in [3.63, 3.8) is 0 Å². The number of phenols is 1. The summed E-state index contributed by atoms with van der Waals surface area (Å²) in [4.78, 5) is 22.0. The average molecular weight is 283 g/mol. The van der Waals surface area contributed by atoms with E-state index in [2.05, 4.69) is 0 Å². The molecule has 0 spiro atoms. The summed E-state index contributed by atoms with van der Waals surface area (Å²) in [6.07, 6.45) is 0. The molecule has 6 nitrogen and oxygen atoms in total. The van der Waals surface area contributed by atoms with Crippen molar-refractivity contribution in [3.05, 3.63) is 29.8 Å². The SMILES string of the molecule is O=C([O-])CN(CC(=O)[O-])Cc1ccccc1O.[Na+].[Na+]. The average Bonchev–Trinajstić information content (AvgIpc) is 2.19. The van der Waals surface area contributed by atoms with Gasteiger partial charge in [0.1, 0.15) is 5.75 Å². The predicted molar refractivity (Wildman–Crippen MR) is 53.4 cm³/mol. The Labute approximate surface area is 155 Å². The molecule has 19 heavy (non-hydrogen) atoms. The number of nitrogens with zero attached hydrogens (tertiary/aromatic N) is 1. The predicted octanol–water partition coefficient (Wildman–Crippen LogP) is -8.30. The molecule has 0 radical (unpaired) electrons. The minimum Gasteiger partial charge on any atom is -0.549 e. The maximum atomic E-state index is 10.4. The zero-order valence-electron chi connectivity index (χ0n) is 11.0. The zero-order valence-corrected chi connectivity index (χ0v) is 15.0. The van der Waals surface area contributed by atoms with Crippen LogP contribution in [0.25, 0.3) is 0 Å². The molecule has 0 fully saturated rings.